The number of methoxy groups -OCH3 is 1. The molecule has 0 spiro atoms. The molecule has 5 nitrogen and oxygen atoms in total. The highest BCUT2D eigenvalue weighted by Gasteiger charge is 2.12. The first kappa shape index (κ1) is 24.8. The van der Waals surface area contributed by atoms with Crippen LogP contribution in [0.25, 0.3) is 0 Å². The second-order valence-corrected chi connectivity index (χ2v) is 5.67. The molecule has 0 saturated carbocycles. The van der Waals surface area contributed by atoms with Crippen molar-refractivity contribution in [1.82, 2.24) is 10.6 Å². The molecule has 10 heteroatoms. The fourth-order valence-corrected chi connectivity index (χ4v) is 2.49. The van der Waals surface area contributed by atoms with Crippen LogP contribution in [0.2, 0.25) is 0 Å². The molecule has 0 heterocycles. The van der Waals surface area contributed by atoms with Crippen LogP contribution in [0, 0.1) is 11.6 Å². The first-order chi connectivity index (χ1) is 13.4. The minimum atomic E-state index is -2.95. The Morgan fingerprint density at radius 2 is 1.86 bits per heavy atom. The van der Waals surface area contributed by atoms with Crippen molar-refractivity contribution in [2.45, 2.75) is 19.6 Å². The molecule has 0 bridgehead atoms. The third kappa shape index (κ3) is 7.59. The lowest BCUT2D eigenvalue weighted by atomic mass is 10.1. The van der Waals surface area contributed by atoms with Crippen molar-refractivity contribution in [3.63, 3.8) is 0 Å². The molecule has 2 aromatic carbocycles. The summed E-state index contributed by atoms with van der Waals surface area (Å²) in [6, 6.07) is 8.47. The topological polar surface area (TPSA) is 54.9 Å². The van der Waals surface area contributed by atoms with Gasteiger partial charge in [-0.2, -0.15) is 8.78 Å². The van der Waals surface area contributed by atoms with E-state index in [0.29, 0.717) is 23.8 Å². The minimum Gasteiger partial charge on any atom is -0.497 e. The SMILES string of the molecule is CN=C(NCCc1cccc(F)c1F)NCc1cc(OC)ccc1OC(F)F.I. The van der Waals surface area contributed by atoms with Crippen molar-refractivity contribution in [3.8, 4) is 11.5 Å². The monoisotopic (exact) mass is 527 g/mol. The van der Waals surface area contributed by atoms with Crippen LogP contribution in [0.5, 0.6) is 11.5 Å². The Morgan fingerprint density at radius 3 is 2.52 bits per heavy atom. The van der Waals surface area contributed by atoms with Gasteiger partial charge in [-0.3, -0.25) is 4.99 Å². The number of hydrogen-bond donors (Lipinski definition) is 2. The van der Waals surface area contributed by atoms with Gasteiger partial charge in [-0.1, -0.05) is 12.1 Å². The van der Waals surface area contributed by atoms with Gasteiger partial charge in [0.25, 0.3) is 0 Å². The minimum absolute atomic E-state index is 0. The number of alkyl halides is 2. The maximum absolute atomic E-state index is 13.7. The molecule has 0 saturated heterocycles. The summed E-state index contributed by atoms with van der Waals surface area (Å²) in [6.07, 6.45) is 0.239. The first-order valence-corrected chi connectivity index (χ1v) is 8.43. The highest BCUT2D eigenvalue weighted by molar-refractivity contribution is 14.0. The van der Waals surface area contributed by atoms with E-state index >= 15 is 0 Å². The first-order valence-electron chi connectivity index (χ1n) is 8.43. The van der Waals surface area contributed by atoms with Gasteiger partial charge in [-0.15, -0.1) is 24.0 Å². The van der Waals surface area contributed by atoms with Gasteiger partial charge in [0.1, 0.15) is 11.5 Å². The van der Waals surface area contributed by atoms with Crippen LogP contribution < -0.4 is 20.1 Å². The van der Waals surface area contributed by atoms with Crippen molar-refractivity contribution < 1.29 is 27.0 Å². The summed E-state index contributed by atoms with van der Waals surface area (Å²) in [5.74, 6) is -0.909. The van der Waals surface area contributed by atoms with Crippen LogP contribution >= 0.6 is 24.0 Å². The zero-order valence-corrected chi connectivity index (χ0v) is 18.2. The van der Waals surface area contributed by atoms with E-state index in [0.717, 1.165) is 6.07 Å². The van der Waals surface area contributed by atoms with Crippen molar-refractivity contribution in [1.29, 1.82) is 0 Å². The number of benzene rings is 2. The Hall–Kier alpha value is -2.24. The molecule has 0 aromatic heterocycles. The van der Waals surface area contributed by atoms with Crippen LogP contribution in [-0.4, -0.2) is 33.3 Å². The maximum Gasteiger partial charge on any atom is 0.387 e. The Kier molecular flexibility index (Phi) is 10.6. The molecular weight excluding hydrogens is 505 g/mol. The van der Waals surface area contributed by atoms with Gasteiger partial charge < -0.3 is 20.1 Å². The Bertz CT molecular complexity index is 822. The molecule has 0 fully saturated rings. The van der Waals surface area contributed by atoms with Crippen LogP contribution in [0.4, 0.5) is 17.6 Å². The average molecular weight is 527 g/mol. The Morgan fingerprint density at radius 1 is 1.10 bits per heavy atom. The Balaban J connectivity index is 0.00000420. The van der Waals surface area contributed by atoms with Crippen LogP contribution in [0.3, 0.4) is 0 Å². The molecular formula is C19H22F4IN3O2. The maximum atomic E-state index is 13.7. The lowest BCUT2D eigenvalue weighted by Gasteiger charge is -2.15. The summed E-state index contributed by atoms with van der Waals surface area (Å²) in [5.41, 5.74) is 0.683. The third-order valence-electron chi connectivity index (χ3n) is 3.87. The van der Waals surface area contributed by atoms with Crippen LogP contribution in [-0.2, 0) is 13.0 Å². The fourth-order valence-electron chi connectivity index (χ4n) is 2.49. The summed E-state index contributed by atoms with van der Waals surface area (Å²) >= 11 is 0. The lowest BCUT2D eigenvalue weighted by Crippen LogP contribution is -2.38. The smallest absolute Gasteiger partial charge is 0.387 e. The largest absolute Gasteiger partial charge is 0.497 e. The van der Waals surface area contributed by atoms with Crippen molar-refractivity contribution in [3.05, 3.63) is 59.2 Å². The molecule has 0 amide bonds. The number of ether oxygens (including phenoxy) is 2. The van der Waals surface area contributed by atoms with E-state index in [1.165, 1.54) is 38.4 Å². The summed E-state index contributed by atoms with van der Waals surface area (Å²) < 4.78 is 61.6. The van der Waals surface area contributed by atoms with Gasteiger partial charge in [0, 0.05) is 25.7 Å². The molecule has 2 rings (SSSR count). The number of nitrogens with zero attached hydrogens (tertiary/aromatic N) is 1. The van der Waals surface area contributed by atoms with Crippen molar-refractivity contribution in [2.24, 2.45) is 4.99 Å². The van der Waals surface area contributed by atoms with Crippen LogP contribution in [0.15, 0.2) is 41.4 Å². The number of rotatable bonds is 8. The van der Waals surface area contributed by atoms with E-state index in [1.54, 1.807) is 6.07 Å². The van der Waals surface area contributed by atoms with Gasteiger partial charge in [0.2, 0.25) is 0 Å². The molecule has 160 valence electrons. The summed E-state index contributed by atoms with van der Waals surface area (Å²) in [5, 5.41) is 5.91. The third-order valence-corrected chi connectivity index (χ3v) is 3.87. The van der Waals surface area contributed by atoms with E-state index in [1.807, 2.05) is 0 Å². The lowest BCUT2D eigenvalue weighted by molar-refractivity contribution is -0.0504. The predicted octanol–water partition coefficient (Wildman–Crippen LogP) is 4.10. The molecule has 0 radical (unpaired) electrons. The standard InChI is InChI=1S/C19H21F4N3O2.HI/c1-24-19(25-9-8-12-4-3-5-15(20)17(12)21)26-11-13-10-14(27-2)6-7-16(13)28-18(22)23;/h3-7,10,18H,8-9,11H2,1-2H3,(H2,24,25,26);1H. The van der Waals surface area contributed by atoms with Gasteiger partial charge >= 0.3 is 6.61 Å². The number of nitrogens with one attached hydrogen (secondary N) is 2. The van der Waals surface area contributed by atoms with Gasteiger partial charge in [0.15, 0.2) is 17.6 Å². The fraction of sp³-hybridized carbons (Fsp3) is 0.316. The molecule has 0 aliphatic carbocycles. The molecule has 29 heavy (non-hydrogen) atoms. The number of hydrogen-bond acceptors (Lipinski definition) is 3. The molecule has 2 aromatic rings. The van der Waals surface area contributed by atoms with E-state index in [-0.39, 0.29) is 48.3 Å². The highest BCUT2D eigenvalue weighted by Crippen LogP contribution is 2.25. The second-order valence-electron chi connectivity index (χ2n) is 5.67. The van der Waals surface area contributed by atoms with Crippen molar-refractivity contribution in [2.75, 3.05) is 20.7 Å². The molecule has 0 aliphatic heterocycles. The van der Waals surface area contributed by atoms with Crippen molar-refractivity contribution >= 4 is 29.9 Å². The van der Waals surface area contributed by atoms with Gasteiger partial charge in [-0.05, 0) is 36.2 Å². The number of halogens is 5. The van der Waals surface area contributed by atoms with E-state index < -0.39 is 18.2 Å². The van der Waals surface area contributed by atoms with E-state index in [4.69, 9.17) is 4.74 Å². The molecule has 0 aliphatic rings. The predicted molar refractivity (Wildman–Crippen MR) is 113 cm³/mol. The van der Waals surface area contributed by atoms with Crippen LogP contribution in [0.1, 0.15) is 11.1 Å². The van der Waals surface area contributed by atoms with E-state index in [9.17, 15) is 17.6 Å². The number of aliphatic imine (C=N–C) groups is 1. The second kappa shape index (κ2) is 12.3. The summed E-state index contributed by atoms with van der Waals surface area (Å²) in [7, 11) is 2.99. The quantitative estimate of drug-likeness (QED) is 0.235. The Labute approximate surface area is 183 Å². The van der Waals surface area contributed by atoms with Gasteiger partial charge in [0.05, 0.1) is 7.11 Å². The van der Waals surface area contributed by atoms with Gasteiger partial charge in [-0.25, -0.2) is 8.78 Å². The van der Waals surface area contributed by atoms with E-state index in [2.05, 4.69) is 20.4 Å². The summed E-state index contributed by atoms with van der Waals surface area (Å²) in [4.78, 5) is 4.01. The molecule has 2 N–H and O–H groups in total. The molecule has 0 atom stereocenters. The zero-order chi connectivity index (χ0) is 20.5. The normalized spacial score (nSPS) is 11.1. The highest BCUT2D eigenvalue weighted by atomic mass is 127. The average Bonchev–Trinajstić information content (AvgIpc) is 2.68. The summed E-state index contributed by atoms with van der Waals surface area (Å²) in [6.45, 7) is -2.53. The molecule has 0 unspecified atom stereocenters. The number of guanidine groups is 1. The zero-order valence-electron chi connectivity index (χ0n) is 15.8.